The summed E-state index contributed by atoms with van der Waals surface area (Å²) in [6.07, 6.45) is 0. The van der Waals surface area contributed by atoms with Gasteiger partial charge >= 0.3 is 0 Å². The van der Waals surface area contributed by atoms with Crippen molar-refractivity contribution in [1.82, 2.24) is 14.5 Å². The van der Waals surface area contributed by atoms with Crippen LogP contribution in [-0.2, 0) is 10.0 Å². The Hall–Kier alpha value is -2.62. The van der Waals surface area contributed by atoms with Crippen LogP contribution in [0.1, 0.15) is 24.2 Å². The molecule has 1 aromatic heterocycles. The Bertz CT molecular complexity index is 1060. The van der Waals surface area contributed by atoms with Gasteiger partial charge in [0.1, 0.15) is 5.01 Å². The van der Waals surface area contributed by atoms with Gasteiger partial charge in [-0.2, -0.15) is 4.31 Å². The quantitative estimate of drug-likeness (QED) is 0.664. The maximum atomic E-state index is 12.5. The van der Waals surface area contributed by atoms with Gasteiger partial charge in [0.15, 0.2) is 0 Å². The Morgan fingerprint density at radius 2 is 1.68 bits per heavy atom. The summed E-state index contributed by atoms with van der Waals surface area (Å²) in [5, 5.41) is 11.8. The zero-order valence-corrected chi connectivity index (χ0v) is 17.3. The molecule has 1 heterocycles. The minimum atomic E-state index is -3.59. The van der Waals surface area contributed by atoms with Gasteiger partial charge < -0.3 is 0 Å². The summed E-state index contributed by atoms with van der Waals surface area (Å²) in [4.78, 5) is 12.6. The maximum Gasteiger partial charge on any atom is 0.257 e. The molecule has 0 aliphatic rings. The smallest absolute Gasteiger partial charge is 0.257 e. The van der Waals surface area contributed by atoms with Crippen molar-refractivity contribution in [3.05, 3.63) is 60.2 Å². The van der Waals surface area contributed by atoms with Crippen LogP contribution in [0.2, 0.25) is 0 Å². The molecule has 1 amide bonds. The van der Waals surface area contributed by atoms with Crippen LogP contribution in [0.15, 0.2) is 59.5 Å². The number of rotatable bonds is 6. The molecule has 3 aromatic rings. The molecule has 0 radical (unpaired) electrons. The summed E-state index contributed by atoms with van der Waals surface area (Å²) >= 11 is 1.27. The SMILES string of the molecule is CC(C)N(C)S(=O)(=O)c1ccc(C(=O)Nc2nnc(-c3ccccc3)s2)cc1. The van der Waals surface area contributed by atoms with E-state index in [1.807, 2.05) is 30.3 Å². The molecule has 0 fully saturated rings. The predicted octanol–water partition coefficient (Wildman–Crippen LogP) is 3.49. The molecular formula is C19H20N4O3S2. The van der Waals surface area contributed by atoms with Gasteiger partial charge in [0.2, 0.25) is 15.2 Å². The third-order valence-corrected chi connectivity index (χ3v) is 7.12. The third-order valence-electron chi connectivity index (χ3n) is 4.19. The van der Waals surface area contributed by atoms with Crippen LogP contribution in [-0.4, -0.2) is 41.9 Å². The molecule has 0 atom stereocenters. The molecule has 1 N–H and O–H groups in total. The van der Waals surface area contributed by atoms with Crippen LogP contribution in [0, 0.1) is 0 Å². The number of carbonyl (C=O) groups excluding carboxylic acids is 1. The van der Waals surface area contributed by atoms with Crippen LogP contribution in [0.4, 0.5) is 5.13 Å². The minimum absolute atomic E-state index is 0.141. The van der Waals surface area contributed by atoms with E-state index in [-0.39, 0.29) is 16.8 Å². The molecular weight excluding hydrogens is 396 g/mol. The van der Waals surface area contributed by atoms with Gasteiger partial charge in [-0.1, -0.05) is 41.7 Å². The molecule has 0 unspecified atom stereocenters. The number of nitrogens with one attached hydrogen (secondary N) is 1. The first kappa shape index (κ1) is 20.1. The van der Waals surface area contributed by atoms with Crippen molar-refractivity contribution in [3.63, 3.8) is 0 Å². The van der Waals surface area contributed by atoms with E-state index < -0.39 is 10.0 Å². The fourth-order valence-corrected chi connectivity index (χ4v) is 4.47. The average molecular weight is 417 g/mol. The lowest BCUT2D eigenvalue weighted by Gasteiger charge is -2.20. The fraction of sp³-hybridized carbons (Fsp3) is 0.211. The van der Waals surface area contributed by atoms with E-state index in [1.54, 1.807) is 13.8 Å². The predicted molar refractivity (Wildman–Crippen MR) is 110 cm³/mol. The first-order valence-corrected chi connectivity index (χ1v) is 10.8. The number of nitrogens with zero attached hydrogens (tertiary/aromatic N) is 3. The van der Waals surface area contributed by atoms with Gasteiger partial charge in [0, 0.05) is 24.2 Å². The molecule has 3 rings (SSSR count). The summed E-state index contributed by atoms with van der Waals surface area (Å²) in [7, 11) is -2.06. The second-order valence-corrected chi connectivity index (χ2v) is 9.35. The highest BCUT2D eigenvalue weighted by molar-refractivity contribution is 7.89. The highest BCUT2D eigenvalue weighted by atomic mass is 32.2. The van der Waals surface area contributed by atoms with E-state index in [4.69, 9.17) is 0 Å². The number of amides is 1. The second kappa shape index (κ2) is 8.17. The standard InChI is InChI=1S/C19H20N4O3S2/c1-13(2)23(3)28(25,26)16-11-9-14(10-12-16)17(24)20-19-22-21-18(27-19)15-7-5-4-6-8-15/h4-13H,1-3H3,(H,20,22,24). The highest BCUT2D eigenvalue weighted by Crippen LogP contribution is 2.26. The Labute approximate surface area is 168 Å². The zero-order chi connectivity index (χ0) is 20.3. The fourth-order valence-electron chi connectivity index (χ4n) is 2.36. The summed E-state index contributed by atoms with van der Waals surface area (Å²) in [6.45, 7) is 3.59. The molecule has 0 spiro atoms. The van der Waals surface area contributed by atoms with E-state index in [9.17, 15) is 13.2 Å². The second-order valence-electron chi connectivity index (χ2n) is 6.37. The molecule has 0 bridgehead atoms. The van der Waals surface area contributed by atoms with Gasteiger partial charge in [-0.3, -0.25) is 10.1 Å². The van der Waals surface area contributed by atoms with Crippen molar-refractivity contribution < 1.29 is 13.2 Å². The Morgan fingerprint density at radius 3 is 2.29 bits per heavy atom. The molecule has 7 nitrogen and oxygen atoms in total. The summed E-state index contributed by atoms with van der Waals surface area (Å²) in [5.74, 6) is -0.378. The zero-order valence-electron chi connectivity index (χ0n) is 15.7. The highest BCUT2D eigenvalue weighted by Gasteiger charge is 2.23. The molecule has 0 saturated carbocycles. The van der Waals surface area contributed by atoms with E-state index in [0.717, 1.165) is 5.56 Å². The Balaban J connectivity index is 1.73. The van der Waals surface area contributed by atoms with Crippen molar-refractivity contribution in [3.8, 4) is 10.6 Å². The van der Waals surface area contributed by atoms with Crippen molar-refractivity contribution in [2.75, 3.05) is 12.4 Å². The monoisotopic (exact) mass is 416 g/mol. The summed E-state index contributed by atoms with van der Waals surface area (Å²) in [6, 6.07) is 15.2. The number of aromatic nitrogens is 2. The van der Waals surface area contributed by atoms with Gasteiger partial charge in [0.25, 0.3) is 5.91 Å². The van der Waals surface area contributed by atoms with E-state index in [2.05, 4.69) is 15.5 Å². The summed E-state index contributed by atoms with van der Waals surface area (Å²) < 4.78 is 26.3. The molecule has 0 aliphatic carbocycles. The number of hydrogen-bond acceptors (Lipinski definition) is 6. The largest absolute Gasteiger partial charge is 0.296 e. The van der Waals surface area contributed by atoms with Crippen LogP contribution in [0.25, 0.3) is 10.6 Å². The van der Waals surface area contributed by atoms with E-state index in [0.29, 0.717) is 15.7 Å². The van der Waals surface area contributed by atoms with Crippen LogP contribution in [0.5, 0.6) is 0 Å². The molecule has 0 saturated heterocycles. The lowest BCUT2D eigenvalue weighted by atomic mass is 10.2. The van der Waals surface area contributed by atoms with Gasteiger partial charge in [0.05, 0.1) is 4.90 Å². The number of sulfonamides is 1. The third kappa shape index (κ3) is 4.27. The Morgan fingerprint density at radius 1 is 1.04 bits per heavy atom. The molecule has 2 aromatic carbocycles. The molecule has 0 aliphatic heterocycles. The lowest BCUT2D eigenvalue weighted by Crippen LogP contribution is -2.33. The average Bonchev–Trinajstić information content (AvgIpc) is 3.16. The van der Waals surface area contributed by atoms with Gasteiger partial charge in [-0.25, -0.2) is 8.42 Å². The minimum Gasteiger partial charge on any atom is -0.296 e. The molecule has 28 heavy (non-hydrogen) atoms. The van der Waals surface area contributed by atoms with Crippen LogP contribution in [0.3, 0.4) is 0 Å². The van der Waals surface area contributed by atoms with Crippen molar-refractivity contribution in [2.24, 2.45) is 0 Å². The van der Waals surface area contributed by atoms with Crippen molar-refractivity contribution in [1.29, 1.82) is 0 Å². The number of hydrogen-bond donors (Lipinski definition) is 1. The van der Waals surface area contributed by atoms with Crippen molar-refractivity contribution >= 4 is 32.4 Å². The number of carbonyl (C=O) groups is 1. The Kier molecular flexibility index (Phi) is 5.87. The number of benzene rings is 2. The van der Waals surface area contributed by atoms with Crippen molar-refractivity contribution in [2.45, 2.75) is 24.8 Å². The van der Waals surface area contributed by atoms with E-state index >= 15 is 0 Å². The summed E-state index contributed by atoms with van der Waals surface area (Å²) in [5.41, 5.74) is 1.26. The topological polar surface area (TPSA) is 92.3 Å². The van der Waals surface area contributed by atoms with Crippen LogP contribution >= 0.6 is 11.3 Å². The number of anilines is 1. The maximum absolute atomic E-state index is 12.5. The van der Waals surface area contributed by atoms with Crippen LogP contribution < -0.4 is 5.32 Å². The first-order valence-electron chi connectivity index (χ1n) is 8.57. The molecule has 9 heteroatoms. The normalized spacial score (nSPS) is 11.8. The molecule has 146 valence electrons. The lowest BCUT2D eigenvalue weighted by molar-refractivity contribution is 0.102. The van der Waals surface area contributed by atoms with Gasteiger partial charge in [-0.15, -0.1) is 10.2 Å². The van der Waals surface area contributed by atoms with Gasteiger partial charge in [-0.05, 0) is 38.1 Å². The first-order chi connectivity index (χ1) is 13.3. The van der Waals surface area contributed by atoms with E-state index in [1.165, 1.54) is 47.0 Å².